The highest BCUT2D eigenvalue weighted by molar-refractivity contribution is 6.07. The van der Waals surface area contributed by atoms with E-state index < -0.39 is 5.82 Å². The minimum atomic E-state index is -0.416. The summed E-state index contributed by atoms with van der Waals surface area (Å²) >= 11 is 0. The minimum absolute atomic E-state index is 0.158. The fourth-order valence-electron chi connectivity index (χ4n) is 4.84. The molecule has 3 aromatic carbocycles. The summed E-state index contributed by atoms with van der Waals surface area (Å²) in [4.78, 5) is 22.6. The lowest BCUT2D eigenvalue weighted by molar-refractivity contribution is 0.0748. The Balaban J connectivity index is 1.47. The number of fused-ring (bicyclic) bond motifs is 1. The van der Waals surface area contributed by atoms with E-state index in [1.54, 1.807) is 32.4 Å². The third-order valence-electron chi connectivity index (χ3n) is 6.76. The van der Waals surface area contributed by atoms with Crippen molar-refractivity contribution in [2.75, 3.05) is 51.9 Å². The zero-order valence-electron chi connectivity index (χ0n) is 21.7. The van der Waals surface area contributed by atoms with E-state index in [-0.39, 0.29) is 5.91 Å². The first-order valence-electron chi connectivity index (χ1n) is 12.6. The molecule has 196 valence electrons. The van der Waals surface area contributed by atoms with Crippen LogP contribution in [-0.2, 0) is 0 Å². The molecule has 0 unspecified atom stereocenters. The predicted octanol–water partition coefficient (Wildman–Crippen LogP) is 5.42. The topological polar surface area (TPSA) is 64.1 Å². The van der Waals surface area contributed by atoms with Gasteiger partial charge in [-0.3, -0.25) is 4.79 Å². The number of aromatic nitrogens is 1. The van der Waals surface area contributed by atoms with Crippen LogP contribution in [0, 0.1) is 5.82 Å². The van der Waals surface area contributed by atoms with Crippen LogP contribution in [0.5, 0.6) is 17.2 Å². The summed E-state index contributed by atoms with van der Waals surface area (Å²) in [5.74, 6) is 1.48. The second kappa shape index (κ2) is 11.0. The zero-order valence-corrected chi connectivity index (χ0v) is 21.7. The van der Waals surface area contributed by atoms with Gasteiger partial charge in [0.05, 0.1) is 43.3 Å². The predicted molar refractivity (Wildman–Crippen MR) is 146 cm³/mol. The molecular weight excluding hydrogens is 485 g/mol. The van der Waals surface area contributed by atoms with Gasteiger partial charge in [-0.05, 0) is 55.5 Å². The average Bonchev–Trinajstić information content (AvgIpc) is 2.96. The van der Waals surface area contributed by atoms with Gasteiger partial charge in [0.2, 0.25) is 0 Å². The molecule has 0 saturated carbocycles. The smallest absolute Gasteiger partial charge is 0.254 e. The van der Waals surface area contributed by atoms with Crippen molar-refractivity contribution in [2.45, 2.75) is 6.92 Å². The number of para-hydroxylation sites is 2. The van der Waals surface area contributed by atoms with Crippen molar-refractivity contribution in [2.24, 2.45) is 0 Å². The van der Waals surface area contributed by atoms with Gasteiger partial charge in [-0.2, -0.15) is 0 Å². The van der Waals surface area contributed by atoms with E-state index in [4.69, 9.17) is 19.2 Å². The summed E-state index contributed by atoms with van der Waals surface area (Å²) in [6.45, 7) is 4.92. The van der Waals surface area contributed by atoms with Crippen molar-refractivity contribution in [3.63, 3.8) is 0 Å². The summed E-state index contributed by atoms with van der Waals surface area (Å²) < 4.78 is 31.0. The number of hydrogen-bond acceptors (Lipinski definition) is 6. The molecule has 2 heterocycles. The maximum Gasteiger partial charge on any atom is 0.254 e. The third kappa shape index (κ3) is 4.94. The molecule has 7 nitrogen and oxygen atoms in total. The molecule has 4 aromatic rings. The number of nitrogens with zero attached hydrogens (tertiary/aromatic N) is 3. The Hall–Kier alpha value is -4.33. The van der Waals surface area contributed by atoms with Gasteiger partial charge in [-0.25, -0.2) is 9.37 Å². The number of carbonyl (C=O) groups is 1. The molecule has 0 spiro atoms. The maximum absolute atomic E-state index is 14.3. The maximum atomic E-state index is 14.3. The highest BCUT2D eigenvalue weighted by atomic mass is 19.1. The van der Waals surface area contributed by atoms with Crippen molar-refractivity contribution >= 4 is 22.5 Å². The van der Waals surface area contributed by atoms with Crippen LogP contribution in [0.1, 0.15) is 17.3 Å². The van der Waals surface area contributed by atoms with Gasteiger partial charge >= 0.3 is 0 Å². The normalized spacial score (nSPS) is 13.5. The molecule has 8 heteroatoms. The first-order valence-corrected chi connectivity index (χ1v) is 12.6. The molecule has 0 N–H and O–H groups in total. The number of methoxy groups -OCH3 is 2. The lowest BCUT2D eigenvalue weighted by Gasteiger charge is -2.37. The quantitative estimate of drug-likeness (QED) is 0.328. The summed E-state index contributed by atoms with van der Waals surface area (Å²) in [5.41, 5.74) is 3.24. The van der Waals surface area contributed by atoms with Crippen LogP contribution in [0.2, 0.25) is 0 Å². The van der Waals surface area contributed by atoms with Crippen LogP contribution in [-0.4, -0.2) is 62.8 Å². The summed E-state index contributed by atoms with van der Waals surface area (Å²) in [6, 6.07) is 19.4. The van der Waals surface area contributed by atoms with E-state index in [1.165, 1.54) is 12.1 Å². The van der Waals surface area contributed by atoms with Gasteiger partial charge in [0.25, 0.3) is 5.91 Å². The molecule has 1 aromatic heterocycles. The van der Waals surface area contributed by atoms with Gasteiger partial charge in [-0.1, -0.05) is 12.1 Å². The number of piperazine rings is 1. The molecule has 1 saturated heterocycles. The first kappa shape index (κ1) is 25.3. The molecule has 1 aliphatic rings. The molecule has 0 radical (unpaired) electrons. The molecule has 38 heavy (non-hydrogen) atoms. The third-order valence-corrected chi connectivity index (χ3v) is 6.76. The van der Waals surface area contributed by atoms with E-state index >= 15 is 0 Å². The molecule has 0 atom stereocenters. The van der Waals surface area contributed by atoms with Crippen LogP contribution in [0.25, 0.3) is 22.2 Å². The molecule has 0 bridgehead atoms. The van der Waals surface area contributed by atoms with E-state index in [0.717, 1.165) is 11.4 Å². The number of rotatable bonds is 7. The Morgan fingerprint density at radius 3 is 2.45 bits per heavy atom. The molecule has 1 amide bonds. The Morgan fingerprint density at radius 2 is 1.71 bits per heavy atom. The van der Waals surface area contributed by atoms with Crippen molar-refractivity contribution in [3.05, 3.63) is 78.1 Å². The number of anilines is 1. The lowest BCUT2D eigenvalue weighted by atomic mass is 10.0. The fraction of sp³-hybridized carbons (Fsp3) is 0.267. The van der Waals surface area contributed by atoms with Crippen molar-refractivity contribution in [3.8, 4) is 28.5 Å². The molecule has 5 rings (SSSR count). The van der Waals surface area contributed by atoms with Gasteiger partial charge in [0, 0.05) is 43.2 Å². The van der Waals surface area contributed by atoms with E-state index in [9.17, 15) is 9.18 Å². The summed E-state index contributed by atoms with van der Waals surface area (Å²) in [5, 5.41) is 0.482. The number of amides is 1. The van der Waals surface area contributed by atoms with Crippen LogP contribution < -0.4 is 19.1 Å². The monoisotopic (exact) mass is 515 g/mol. The van der Waals surface area contributed by atoms with Crippen LogP contribution in [0.3, 0.4) is 0 Å². The Kier molecular flexibility index (Phi) is 7.31. The van der Waals surface area contributed by atoms with Crippen LogP contribution >= 0.6 is 0 Å². The highest BCUT2D eigenvalue weighted by Gasteiger charge is 2.26. The Morgan fingerprint density at radius 1 is 0.921 bits per heavy atom. The van der Waals surface area contributed by atoms with E-state index in [2.05, 4.69) is 4.90 Å². The highest BCUT2D eigenvalue weighted by Crippen LogP contribution is 2.35. The molecular formula is C30H30FN3O4. The second-order valence-corrected chi connectivity index (χ2v) is 8.96. The Labute approximate surface area is 221 Å². The van der Waals surface area contributed by atoms with Gasteiger partial charge < -0.3 is 24.0 Å². The molecule has 1 aliphatic heterocycles. The number of pyridine rings is 1. The minimum Gasteiger partial charge on any atom is -0.497 e. The largest absolute Gasteiger partial charge is 0.497 e. The molecule has 1 fully saturated rings. The Bertz CT molecular complexity index is 1470. The number of carbonyl (C=O) groups excluding carboxylic acids is 1. The number of ether oxygens (including phenoxy) is 3. The van der Waals surface area contributed by atoms with Crippen LogP contribution in [0.4, 0.5) is 10.1 Å². The van der Waals surface area contributed by atoms with Gasteiger partial charge in [0.1, 0.15) is 23.1 Å². The average molecular weight is 516 g/mol. The van der Waals surface area contributed by atoms with Crippen molar-refractivity contribution in [1.82, 2.24) is 9.88 Å². The van der Waals surface area contributed by atoms with Crippen molar-refractivity contribution < 1.29 is 23.4 Å². The summed E-state index contributed by atoms with van der Waals surface area (Å²) in [7, 11) is 3.16. The number of hydrogen-bond donors (Lipinski definition) is 0. The summed E-state index contributed by atoms with van der Waals surface area (Å²) in [6.07, 6.45) is 0. The molecule has 0 aliphatic carbocycles. The van der Waals surface area contributed by atoms with E-state index in [1.807, 2.05) is 48.2 Å². The second-order valence-electron chi connectivity index (χ2n) is 8.96. The van der Waals surface area contributed by atoms with Crippen molar-refractivity contribution in [1.29, 1.82) is 0 Å². The van der Waals surface area contributed by atoms with Gasteiger partial charge in [-0.15, -0.1) is 0 Å². The number of benzene rings is 3. The van der Waals surface area contributed by atoms with E-state index in [0.29, 0.717) is 72.0 Å². The zero-order chi connectivity index (χ0) is 26.6. The van der Waals surface area contributed by atoms with Gasteiger partial charge in [0.15, 0.2) is 0 Å². The number of halogens is 1. The fourth-order valence-corrected chi connectivity index (χ4v) is 4.84. The lowest BCUT2D eigenvalue weighted by Crippen LogP contribution is -2.49. The standard InChI is InChI=1S/C30H30FN3O4/c1-4-38-28-8-6-5-7-27(28)33-13-15-34(16-14-33)30(35)24-19-26(32-25-12-9-20(31)17-23(24)25)22-11-10-21(36-2)18-29(22)37-3/h5-12,17-19H,4,13-16H2,1-3H3. The van der Waals surface area contributed by atoms with Crippen LogP contribution in [0.15, 0.2) is 66.7 Å². The first-order chi connectivity index (χ1) is 18.5. The SMILES string of the molecule is CCOc1ccccc1N1CCN(C(=O)c2cc(-c3ccc(OC)cc3OC)nc3ccc(F)cc23)CC1.